The number of nitrogens with zero attached hydrogens (tertiary/aromatic N) is 1. The number of hydrogen-bond donors (Lipinski definition) is 2. The fourth-order valence-corrected chi connectivity index (χ4v) is 3.46. The zero-order valence-corrected chi connectivity index (χ0v) is 13.4. The molecule has 0 aliphatic heterocycles. The van der Waals surface area contributed by atoms with E-state index >= 15 is 0 Å². The minimum absolute atomic E-state index is 0.0426. The summed E-state index contributed by atoms with van der Waals surface area (Å²) in [5, 5.41) is 8.00. The lowest BCUT2D eigenvalue weighted by atomic mass is 9.76. The zero-order valence-electron chi connectivity index (χ0n) is 12.6. The maximum atomic E-state index is 12.2. The number of carbonyl (C=O) groups is 1. The van der Waals surface area contributed by atoms with Crippen LogP contribution in [-0.2, 0) is 17.1 Å². The summed E-state index contributed by atoms with van der Waals surface area (Å²) < 4.78 is 24.1. The van der Waals surface area contributed by atoms with Crippen LogP contribution in [0.25, 0.3) is 0 Å². The summed E-state index contributed by atoms with van der Waals surface area (Å²) in [5.41, 5.74) is 0.445. The second-order valence-corrected chi connectivity index (χ2v) is 7.83. The molecule has 2 rings (SSSR count). The molecule has 21 heavy (non-hydrogen) atoms. The molecule has 0 unspecified atom stereocenters. The van der Waals surface area contributed by atoms with E-state index in [1.165, 1.54) is 36.1 Å². The normalized spacial score (nSPS) is 18.4. The predicted octanol–water partition coefficient (Wildman–Crippen LogP) is 1.37. The zero-order chi connectivity index (χ0) is 15.7. The molecule has 0 saturated heterocycles. The van der Waals surface area contributed by atoms with Gasteiger partial charge in [-0.1, -0.05) is 26.2 Å². The van der Waals surface area contributed by atoms with E-state index in [0.717, 1.165) is 12.8 Å². The van der Waals surface area contributed by atoms with Gasteiger partial charge < -0.3 is 9.88 Å². The average molecular weight is 313 g/mol. The highest BCUT2D eigenvalue weighted by Crippen LogP contribution is 2.34. The third kappa shape index (κ3) is 3.85. The van der Waals surface area contributed by atoms with Crippen molar-refractivity contribution in [2.45, 2.75) is 43.9 Å². The maximum Gasteiger partial charge on any atom is 0.267 e. The van der Waals surface area contributed by atoms with Gasteiger partial charge in [-0.25, -0.2) is 13.6 Å². The van der Waals surface area contributed by atoms with E-state index in [-0.39, 0.29) is 16.2 Å². The van der Waals surface area contributed by atoms with Crippen molar-refractivity contribution >= 4 is 15.9 Å². The Bertz CT molecular complexity index is 628. The number of aromatic nitrogens is 1. The van der Waals surface area contributed by atoms with Gasteiger partial charge in [0, 0.05) is 19.8 Å². The molecule has 1 heterocycles. The van der Waals surface area contributed by atoms with Crippen LogP contribution in [0.4, 0.5) is 0 Å². The number of nitrogens with one attached hydrogen (secondary N) is 1. The first-order valence-electron chi connectivity index (χ1n) is 7.19. The molecule has 0 atom stereocenters. The fourth-order valence-electron chi connectivity index (χ4n) is 2.88. The van der Waals surface area contributed by atoms with Crippen molar-refractivity contribution in [1.29, 1.82) is 0 Å². The molecule has 0 aromatic carbocycles. The van der Waals surface area contributed by atoms with E-state index in [1.807, 2.05) is 0 Å². The third-order valence-corrected chi connectivity index (χ3v) is 5.16. The number of hydrogen-bond acceptors (Lipinski definition) is 3. The SMILES string of the molecule is Cn1cc(S(N)(=O)=O)cc1C(=O)NCC1(C)CCCCC1. The molecule has 1 aromatic heterocycles. The summed E-state index contributed by atoms with van der Waals surface area (Å²) >= 11 is 0. The van der Waals surface area contributed by atoms with Gasteiger partial charge in [0.1, 0.15) is 10.6 Å². The van der Waals surface area contributed by atoms with E-state index < -0.39 is 10.0 Å². The highest BCUT2D eigenvalue weighted by Gasteiger charge is 2.27. The molecule has 1 fully saturated rings. The molecule has 1 amide bonds. The second-order valence-electron chi connectivity index (χ2n) is 6.27. The van der Waals surface area contributed by atoms with Gasteiger partial charge in [0.15, 0.2) is 0 Å². The van der Waals surface area contributed by atoms with Crippen LogP contribution in [0.5, 0.6) is 0 Å². The summed E-state index contributed by atoms with van der Waals surface area (Å²) in [7, 11) is -2.16. The van der Waals surface area contributed by atoms with Gasteiger partial charge in [-0.15, -0.1) is 0 Å². The van der Waals surface area contributed by atoms with E-state index in [9.17, 15) is 13.2 Å². The topological polar surface area (TPSA) is 94.2 Å². The lowest BCUT2D eigenvalue weighted by Crippen LogP contribution is -2.37. The summed E-state index contributed by atoms with van der Waals surface area (Å²) in [4.78, 5) is 12.2. The van der Waals surface area contributed by atoms with E-state index in [4.69, 9.17) is 5.14 Å². The highest BCUT2D eigenvalue weighted by atomic mass is 32.2. The number of carbonyl (C=O) groups excluding carboxylic acids is 1. The number of nitrogens with two attached hydrogens (primary N) is 1. The van der Waals surface area contributed by atoms with Gasteiger partial charge in [-0.2, -0.15) is 0 Å². The number of sulfonamides is 1. The summed E-state index contributed by atoms with van der Waals surface area (Å²) in [6.45, 7) is 2.80. The minimum atomic E-state index is -3.79. The Labute approximate surface area is 125 Å². The van der Waals surface area contributed by atoms with Gasteiger partial charge in [0.25, 0.3) is 5.91 Å². The molecular formula is C14H23N3O3S. The van der Waals surface area contributed by atoms with Crippen LogP contribution < -0.4 is 10.5 Å². The largest absolute Gasteiger partial charge is 0.350 e. The van der Waals surface area contributed by atoms with Crippen molar-refractivity contribution in [3.05, 3.63) is 18.0 Å². The monoisotopic (exact) mass is 313 g/mol. The van der Waals surface area contributed by atoms with Crippen LogP contribution in [0.2, 0.25) is 0 Å². The minimum Gasteiger partial charge on any atom is -0.350 e. The number of primary sulfonamides is 1. The Morgan fingerprint density at radius 3 is 2.52 bits per heavy atom. The summed E-state index contributed by atoms with van der Waals surface area (Å²) in [6, 6.07) is 1.31. The van der Waals surface area contributed by atoms with E-state index in [2.05, 4.69) is 12.2 Å². The molecule has 0 bridgehead atoms. The standard InChI is InChI=1S/C14H23N3O3S/c1-14(6-4-3-5-7-14)10-16-13(18)12-8-11(9-17(12)2)21(15,19)20/h8-9H,3-7,10H2,1-2H3,(H,16,18)(H2,15,19,20). The predicted molar refractivity (Wildman–Crippen MR) is 80.3 cm³/mol. The van der Waals surface area contributed by atoms with Crippen LogP contribution in [0.1, 0.15) is 49.5 Å². The molecule has 6 nitrogen and oxygen atoms in total. The van der Waals surface area contributed by atoms with E-state index in [1.54, 1.807) is 7.05 Å². The van der Waals surface area contributed by atoms with Crippen molar-refractivity contribution in [3.63, 3.8) is 0 Å². The highest BCUT2D eigenvalue weighted by molar-refractivity contribution is 7.89. The lowest BCUT2D eigenvalue weighted by molar-refractivity contribution is 0.0911. The quantitative estimate of drug-likeness (QED) is 0.879. The van der Waals surface area contributed by atoms with Crippen molar-refractivity contribution in [2.24, 2.45) is 17.6 Å². The first-order chi connectivity index (χ1) is 9.71. The van der Waals surface area contributed by atoms with Crippen LogP contribution >= 0.6 is 0 Å². The molecule has 118 valence electrons. The Hall–Kier alpha value is -1.34. The van der Waals surface area contributed by atoms with E-state index in [0.29, 0.717) is 12.2 Å². The van der Waals surface area contributed by atoms with Gasteiger partial charge in [-0.05, 0) is 24.3 Å². The molecule has 1 aromatic rings. The first kappa shape index (κ1) is 16.0. The molecule has 0 radical (unpaired) electrons. The van der Waals surface area contributed by atoms with Gasteiger partial charge in [0.2, 0.25) is 10.0 Å². The molecule has 1 aliphatic carbocycles. The molecule has 3 N–H and O–H groups in total. The maximum absolute atomic E-state index is 12.2. The second kappa shape index (κ2) is 5.81. The Morgan fingerprint density at radius 2 is 2.00 bits per heavy atom. The van der Waals surface area contributed by atoms with Crippen LogP contribution in [0.15, 0.2) is 17.2 Å². The summed E-state index contributed by atoms with van der Waals surface area (Å²) in [6.07, 6.45) is 7.25. The number of rotatable bonds is 4. The van der Waals surface area contributed by atoms with Crippen molar-refractivity contribution in [1.82, 2.24) is 9.88 Å². The Kier molecular flexibility index (Phi) is 4.43. The van der Waals surface area contributed by atoms with Crippen LogP contribution in [-0.4, -0.2) is 25.4 Å². The van der Waals surface area contributed by atoms with Gasteiger partial charge in [-0.3, -0.25) is 4.79 Å². The first-order valence-corrected chi connectivity index (χ1v) is 8.73. The Balaban J connectivity index is 2.05. The fraction of sp³-hybridized carbons (Fsp3) is 0.643. The molecule has 1 aliphatic rings. The van der Waals surface area contributed by atoms with Gasteiger partial charge in [0.05, 0.1) is 0 Å². The molecular weight excluding hydrogens is 290 g/mol. The Morgan fingerprint density at radius 1 is 1.38 bits per heavy atom. The smallest absolute Gasteiger partial charge is 0.267 e. The molecule has 7 heteroatoms. The molecule has 0 spiro atoms. The summed E-state index contributed by atoms with van der Waals surface area (Å²) in [5.74, 6) is -0.265. The van der Waals surface area contributed by atoms with Crippen LogP contribution in [0.3, 0.4) is 0 Å². The number of amides is 1. The van der Waals surface area contributed by atoms with Crippen LogP contribution in [0, 0.1) is 5.41 Å². The number of aryl methyl sites for hydroxylation is 1. The van der Waals surface area contributed by atoms with Crippen molar-refractivity contribution in [3.8, 4) is 0 Å². The van der Waals surface area contributed by atoms with Crippen molar-refractivity contribution < 1.29 is 13.2 Å². The lowest BCUT2D eigenvalue weighted by Gasteiger charge is -2.33. The molecule has 1 saturated carbocycles. The average Bonchev–Trinajstić information content (AvgIpc) is 2.79. The third-order valence-electron chi connectivity index (χ3n) is 4.28. The van der Waals surface area contributed by atoms with Gasteiger partial charge >= 0.3 is 0 Å². The van der Waals surface area contributed by atoms with Crippen molar-refractivity contribution in [2.75, 3.05) is 6.54 Å².